The molecule has 156 valence electrons. The van der Waals surface area contributed by atoms with Crippen molar-refractivity contribution >= 4 is 15.9 Å². The van der Waals surface area contributed by atoms with Gasteiger partial charge in [-0.05, 0) is 60.6 Å². The molecule has 3 rings (SSSR count). The highest BCUT2D eigenvalue weighted by Gasteiger charge is 2.22. The maximum atomic E-state index is 12.6. The molecule has 0 unspecified atom stereocenters. The van der Waals surface area contributed by atoms with Gasteiger partial charge >= 0.3 is 0 Å². The molecule has 2 aromatic carbocycles. The number of ether oxygens (including phenoxy) is 1. The SMILES string of the molecule is COc1ccc(S(=O)(=O)N(C)C)cc1CCC(=O)N[C@H]1CCCc2ccccc21. The van der Waals surface area contributed by atoms with Gasteiger partial charge in [0.1, 0.15) is 5.75 Å². The second-order valence-corrected chi connectivity index (χ2v) is 9.62. The molecule has 1 aliphatic carbocycles. The summed E-state index contributed by atoms with van der Waals surface area (Å²) in [4.78, 5) is 12.8. The van der Waals surface area contributed by atoms with Crippen molar-refractivity contribution in [2.75, 3.05) is 21.2 Å². The van der Waals surface area contributed by atoms with Crippen LogP contribution < -0.4 is 10.1 Å². The summed E-state index contributed by atoms with van der Waals surface area (Å²) in [6.07, 6.45) is 3.70. The number of benzene rings is 2. The Morgan fingerprint density at radius 1 is 1.21 bits per heavy atom. The lowest BCUT2D eigenvalue weighted by molar-refractivity contribution is -0.121. The summed E-state index contributed by atoms with van der Waals surface area (Å²) in [7, 11) is 0.987. The van der Waals surface area contributed by atoms with Crippen LogP contribution in [0.4, 0.5) is 0 Å². The minimum Gasteiger partial charge on any atom is -0.496 e. The molecule has 0 heterocycles. The van der Waals surface area contributed by atoms with Crippen LogP contribution in [-0.2, 0) is 27.7 Å². The van der Waals surface area contributed by atoms with Gasteiger partial charge in [-0.3, -0.25) is 4.79 Å². The lowest BCUT2D eigenvalue weighted by Crippen LogP contribution is -2.31. The molecule has 0 saturated heterocycles. The Kier molecular flexibility index (Phi) is 6.59. The van der Waals surface area contributed by atoms with Gasteiger partial charge in [0.15, 0.2) is 0 Å². The van der Waals surface area contributed by atoms with Crippen LogP contribution in [0.1, 0.15) is 42.0 Å². The first kappa shape index (κ1) is 21.3. The molecule has 0 fully saturated rings. The molecule has 0 aliphatic heterocycles. The third kappa shape index (κ3) is 4.79. The van der Waals surface area contributed by atoms with Crippen LogP contribution in [0.5, 0.6) is 5.75 Å². The number of nitrogens with zero attached hydrogens (tertiary/aromatic N) is 1. The monoisotopic (exact) mass is 416 g/mol. The zero-order valence-electron chi connectivity index (χ0n) is 17.1. The summed E-state index contributed by atoms with van der Waals surface area (Å²) in [5, 5.41) is 3.14. The summed E-state index contributed by atoms with van der Waals surface area (Å²) in [5.41, 5.74) is 3.20. The molecular formula is C22H28N2O4S. The van der Waals surface area contributed by atoms with Gasteiger partial charge in [0, 0.05) is 20.5 Å². The smallest absolute Gasteiger partial charge is 0.242 e. The van der Waals surface area contributed by atoms with Crippen molar-refractivity contribution < 1.29 is 17.9 Å². The number of sulfonamides is 1. The normalized spacial score (nSPS) is 16.3. The van der Waals surface area contributed by atoms with E-state index in [9.17, 15) is 13.2 Å². The molecule has 0 aromatic heterocycles. The molecule has 0 radical (unpaired) electrons. The Balaban J connectivity index is 1.70. The second-order valence-electron chi connectivity index (χ2n) is 7.47. The quantitative estimate of drug-likeness (QED) is 0.753. The zero-order valence-corrected chi connectivity index (χ0v) is 18.0. The third-order valence-corrected chi connectivity index (χ3v) is 7.17. The molecule has 1 amide bonds. The first-order valence-corrected chi connectivity index (χ1v) is 11.2. The number of rotatable bonds is 7. The van der Waals surface area contributed by atoms with E-state index in [2.05, 4.69) is 17.4 Å². The molecule has 0 saturated carbocycles. The van der Waals surface area contributed by atoms with Crippen LogP contribution in [0.25, 0.3) is 0 Å². The van der Waals surface area contributed by atoms with E-state index in [-0.39, 0.29) is 23.3 Å². The average molecular weight is 417 g/mol. The van der Waals surface area contributed by atoms with Gasteiger partial charge < -0.3 is 10.1 Å². The summed E-state index contributed by atoms with van der Waals surface area (Å²) >= 11 is 0. The van der Waals surface area contributed by atoms with Crippen LogP contribution in [0.2, 0.25) is 0 Å². The Bertz CT molecular complexity index is 986. The lowest BCUT2D eigenvalue weighted by atomic mass is 9.87. The fraction of sp³-hybridized carbons (Fsp3) is 0.409. The van der Waals surface area contributed by atoms with Crippen molar-refractivity contribution in [3.05, 3.63) is 59.2 Å². The highest BCUT2D eigenvalue weighted by atomic mass is 32.2. The molecule has 0 bridgehead atoms. The fourth-order valence-corrected chi connectivity index (χ4v) is 4.69. The van der Waals surface area contributed by atoms with Gasteiger partial charge in [0.25, 0.3) is 0 Å². The van der Waals surface area contributed by atoms with E-state index in [0.29, 0.717) is 17.7 Å². The Hall–Kier alpha value is -2.38. The Morgan fingerprint density at radius 2 is 1.97 bits per heavy atom. The summed E-state index contributed by atoms with van der Waals surface area (Å²) in [5.74, 6) is 0.535. The van der Waals surface area contributed by atoms with Gasteiger partial charge in [0.2, 0.25) is 15.9 Å². The standard InChI is InChI=1S/C22H28N2O4S/c1-24(2)29(26,27)18-12-13-21(28-3)17(15-18)11-14-22(25)23-20-10-6-8-16-7-4-5-9-19(16)20/h4-5,7,9,12-13,15,20H,6,8,10-11,14H2,1-3H3,(H,23,25)/t20-/m0/s1. The van der Waals surface area contributed by atoms with Gasteiger partial charge in [-0.15, -0.1) is 0 Å². The molecule has 2 aromatic rings. The number of aryl methyl sites for hydroxylation is 2. The number of nitrogens with one attached hydrogen (secondary N) is 1. The first-order valence-electron chi connectivity index (χ1n) is 9.79. The third-order valence-electron chi connectivity index (χ3n) is 5.36. The number of hydrogen-bond acceptors (Lipinski definition) is 4. The van der Waals surface area contributed by atoms with Crippen LogP contribution in [0.15, 0.2) is 47.4 Å². The number of carbonyl (C=O) groups excluding carboxylic acids is 1. The van der Waals surface area contributed by atoms with E-state index in [0.717, 1.165) is 19.3 Å². The van der Waals surface area contributed by atoms with E-state index in [1.54, 1.807) is 12.1 Å². The number of amides is 1. The Morgan fingerprint density at radius 3 is 2.69 bits per heavy atom. The second kappa shape index (κ2) is 8.97. The van der Waals surface area contributed by atoms with Crippen molar-refractivity contribution in [3.63, 3.8) is 0 Å². The molecular weight excluding hydrogens is 388 g/mol. The maximum Gasteiger partial charge on any atom is 0.242 e. The predicted molar refractivity (Wildman–Crippen MR) is 112 cm³/mol. The van der Waals surface area contributed by atoms with E-state index >= 15 is 0 Å². The van der Waals surface area contributed by atoms with Crippen molar-refractivity contribution in [1.29, 1.82) is 0 Å². The van der Waals surface area contributed by atoms with Gasteiger partial charge in [-0.2, -0.15) is 0 Å². The zero-order chi connectivity index (χ0) is 21.0. The largest absolute Gasteiger partial charge is 0.496 e. The molecule has 1 atom stereocenters. The fourth-order valence-electron chi connectivity index (χ4n) is 3.74. The summed E-state index contributed by atoms with van der Waals surface area (Å²) in [6, 6.07) is 13.0. The molecule has 7 heteroatoms. The maximum absolute atomic E-state index is 12.6. The summed E-state index contributed by atoms with van der Waals surface area (Å²) in [6.45, 7) is 0. The van der Waals surface area contributed by atoms with E-state index in [4.69, 9.17) is 4.74 Å². The number of methoxy groups -OCH3 is 1. The minimum absolute atomic E-state index is 0.0369. The van der Waals surface area contributed by atoms with Crippen LogP contribution in [0, 0.1) is 0 Å². The molecule has 1 aliphatic rings. The minimum atomic E-state index is -3.54. The lowest BCUT2D eigenvalue weighted by Gasteiger charge is -2.26. The van der Waals surface area contributed by atoms with E-state index in [1.807, 2.05) is 12.1 Å². The molecule has 1 N–H and O–H groups in total. The highest BCUT2D eigenvalue weighted by Crippen LogP contribution is 2.30. The van der Waals surface area contributed by atoms with Crippen LogP contribution in [-0.4, -0.2) is 39.8 Å². The molecule has 6 nitrogen and oxygen atoms in total. The van der Waals surface area contributed by atoms with Crippen molar-refractivity contribution in [3.8, 4) is 5.75 Å². The van der Waals surface area contributed by atoms with Crippen molar-refractivity contribution in [2.45, 2.75) is 43.0 Å². The van der Waals surface area contributed by atoms with Crippen LogP contribution >= 0.6 is 0 Å². The van der Waals surface area contributed by atoms with Crippen LogP contribution in [0.3, 0.4) is 0 Å². The van der Waals surface area contributed by atoms with E-state index < -0.39 is 10.0 Å². The highest BCUT2D eigenvalue weighted by molar-refractivity contribution is 7.89. The van der Waals surface area contributed by atoms with Crippen molar-refractivity contribution in [2.24, 2.45) is 0 Å². The number of fused-ring (bicyclic) bond motifs is 1. The number of carbonyl (C=O) groups is 1. The molecule has 0 spiro atoms. The summed E-state index contributed by atoms with van der Waals surface area (Å²) < 4.78 is 31.3. The number of hydrogen-bond donors (Lipinski definition) is 1. The van der Waals surface area contributed by atoms with Gasteiger partial charge in [0.05, 0.1) is 18.0 Å². The Labute approximate surface area is 172 Å². The molecule has 29 heavy (non-hydrogen) atoms. The van der Waals surface area contributed by atoms with Gasteiger partial charge in [-0.1, -0.05) is 24.3 Å². The topological polar surface area (TPSA) is 75.7 Å². The van der Waals surface area contributed by atoms with Gasteiger partial charge in [-0.25, -0.2) is 12.7 Å². The first-order chi connectivity index (χ1) is 13.8. The average Bonchev–Trinajstić information content (AvgIpc) is 2.72. The predicted octanol–water partition coefficient (Wildman–Crippen LogP) is 3.07. The van der Waals surface area contributed by atoms with Crippen molar-refractivity contribution in [1.82, 2.24) is 9.62 Å². The van der Waals surface area contributed by atoms with E-state index in [1.165, 1.54) is 42.7 Å².